The molecule has 0 unspecified atom stereocenters. The number of Topliss-reactive ketones (excluding diaryl/α,β-unsaturated/α-hetero) is 2. The molecule has 3 aliphatic heterocycles. The Morgan fingerprint density at radius 1 is 0.675 bits per heavy atom. The third-order valence-corrected chi connectivity index (χ3v) is 24.8. The summed E-state index contributed by atoms with van der Waals surface area (Å²) in [5.41, 5.74) is 10.8. The van der Waals surface area contributed by atoms with Gasteiger partial charge in [0.05, 0.1) is 156 Å². The monoisotopic (exact) mass is 1770 g/mol. The number of ketones is 2. The molecule has 0 spiro atoms. The predicted octanol–water partition coefficient (Wildman–Crippen LogP) is 10.2. The number of imidazole rings is 1. The van der Waals surface area contributed by atoms with Crippen LogP contribution in [-0.2, 0) is 95.0 Å². The van der Waals surface area contributed by atoms with E-state index in [0.29, 0.717) is 219 Å². The fourth-order valence-corrected chi connectivity index (χ4v) is 17.5. The second-order valence-corrected chi connectivity index (χ2v) is 34.2. The molecule has 33 heteroatoms. The van der Waals surface area contributed by atoms with Crippen LogP contribution in [0.3, 0.4) is 0 Å². The zero-order valence-corrected chi connectivity index (χ0v) is 76.1. The van der Waals surface area contributed by atoms with Gasteiger partial charge in [0.2, 0.25) is 11.7 Å². The molecule has 2 aliphatic carbocycles. The van der Waals surface area contributed by atoms with Crippen LogP contribution in [0.2, 0.25) is 0 Å². The molecule has 2 bridgehead atoms. The van der Waals surface area contributed by atoms with Gasteiger partial charge in [0, 0.05) is 76.4 Å². The highest BCUT2D eigenvalue weighted by atomic mass is 16.6. The van der Waals surface area contributed by atoms with Gasteiger partial charge < -0.3 is 112 Å². The number of fused-ring (bicyclic) bond motifs is 5. The molecule has 3 aromatic heterocycles. The zero-order chi connectivity index (χ0) is 90.3. The molecule has 7 N–H and O–H groups in total. The van der Waals surface area contributed by atoms with Gasteiger partial charge in [0.15, 0.2) is 11.6 Å². The molecule has 0 radical (unpaired) electrons. The number of para-hydroxylation sites is 1. The number of H-pyrrole nitrogens is 1. The minimum Gasteiger partial charge on any atom is -0.495 e. The fourth-order valence-electron chi connectivity index (χ4n) is 17.5. The molecule has 2 saturated carbocycles. The summed E-state index contributed by atoms with van der Waals surface area (Å²) in [7, 11) is 6.26. The highest BCUT2D eigenvalue weighted by Crippen LogP contribution is 2.42. The summed E-state index contributed by atoms with van der Waals surface area (Å²) >= 11 is 0. The molecule has 704 valence electrons. The predicted molar refractivity (Wildman–Crippen MR) is 471 cm³/mol. The Labute approximate surface area is 742 Å². The van der Waals surface area contributed by atoms with Crippen LogP contribution >= 0.6 is 0 Å². The van der Waals surface area contributed by atoms with Gasteiger partial charge in [-0.05, 0) is 164 Å². The van der Waals surface area contributed by atoms with Crippen molar-refractivity contribution in [2.75, 3.05) is 173 Å². The van der Waals surface area contributed by atoms with Crippen LogP contribution in [0.5, 0.6) is 5.75 Å². The van der Waals surface area contributed by atoms with Gasteiger partial charge in [0.1, 0.15) is 59.6 Å². The van der Waals surface area contributed by atoms with Gasteiger partial charge in [-0.15, -0.1) is 0 Å². The molecule has 1 aromatic carbocycles. The van der Waals surface area contributed by atoms with Gasteiger partial charge in [0.25, 0.3) is 11.7 Å². The minimum absolute atomic E-state index is 0.0301. The van der Waals surface area contributed by atoms with Crippen molar-refractivity contribution in [3.63, 3.8) is 0 Å². The Morgan fingerprint density at radius 2 is 1.30 bits per heavy atom. The number of cyclic esters (lactones) is 1. The van der Waals surface area contributed by atoms with Crippen molar-refractivity contribution in [3.05, 3.63) is 84.0 Å². The first-order valence-corrected chi connectivity index (χ1v) is 45.5. The molecule has 4 aromatic rings. The third-order valence-electron chi connectivity index (χ3n) is 24.8. The number of nitrogens with zero attached hydrogens (tertiary/aromatic N) is 5. The number of hydrogen-bond acceptors (Lipinski definition) is 28. The van der Waals surface area contributed by atoms with E-state index in [1.807, 2.05) is 95.3 Å². The number of ether oxygens (including phenoxy) is 16. The molecule has 9 rings (SSSR count). The molecular weight excluding hydrogens is 1630 g/mol. The first kappa shape index (κ1) is 102. The number of allylic oxidation sites excluding steroid dienone is 6. The smallest absolute Gasteiger partial charge is 0.407 e. The van der Waals surface area contributed by atoms with Crippen molar-refractivity contribution in [1.82, 2.24) is 40.1 Å². The SMILES string of the molecule is COc1cccc2cc(-c3nc(C4CCC(C(=O)NCCOCCOCCOCCOCCOCCOCCOCCOCCOCCNC(=O)O[C@@H]5CC[C@@H](C[C@@H](C)[C@@H]6CC[C@H](C)/C=C(\C)[C@@H](O)[C@@H](OC)C(=O)[C@H](C)C[C@H](C)/C=C/C=C/C=C(\C)[C@@H](OC)C[C@@H]7CC[C@@H](C)[C@@](O)(O7)C(=O)C(=O)N7CCCC[C@H]7C(=O)O6)C[C@H]5OC)CC4)n4ncnc(N)c34)[nH]c12. The number of methoxy groups -OCH3 is 4. The Hall–Kier alpha value is -7.71. The number of alkyl carbamates (subject to hydrolysis) is 1. The average molecular weight is 1770 g/mol. The van der Waals surface area contributed by atoms with E-state index in [9.17, 15) is 39.0 Å². The highest BCUT2D eigenvalue weighted by molar-refractivity contribution is 6.39. The lowest BCUT2D eigenvalue weighted by atomic mass is 9.78. The topological polar surface area (TPSA) is 403 Å². The number of aliphatic hydroxyl groups is 2. The first-order chi connectivity index (χ1) is 61.0. The minimum atomic E-state index is -2.43. The van der Waals surface area contributed by atoms with E-state index in [-0.39, 0.29) is 73.3 Å². The number of aromatic nitrogens is 5. The number of anilines is 1. The van der Waals surface area contributed by atoms with Crippen molar-refractivity contribution >= 4 is 57.7 Å². The lowest BCUT2D eigenvalue weighted by Crippen LogP contribution is -2.61. The number of rotatable bonds is 41. The maximum atomic E-state index is 14.8. The van der Waals surface area contributed by atoms with E-state index in [0.717, 1.165) is 59.4 Å². The van der Waals surface area contributed by atoms with Crippen LogP contribution in [0, 0.1) is 41.4 Å². The third kappa shape index (κ3) is 31.0. The summed E-state index contributed by atoms with van der Waals surface area (Å²) in [5.74, 6) is -4.82. The number of aromatic amines is 1. The first-order valence-electron chi connectivity index (χ1n) is 45.5. The summed E-state index contributed by atoms with van der Waals surface area (Å²) < 4.78 is 94.3. The lowest BCUT2D eigenvalue weighted by molar-refractivity contribution is -0.265. The fraction of sp³-hybridized carbons (Fsp3) is 0.710. The van der Waals surface area contributed by atoms with Crippen LogP contribution in [0.15, 0.2) is 78.2 Å². The average Bonchev–Trinajstić information content (AvgIpc) is 1.59. The molecule has 2 saturated heterocycles. The number of nitrogen functional groups attached to an aromatic ring is 1. The summed E-state index contributed by atoms with van der Waals surface area (Å²) in [6.45, 7) is 21.2. The number of carbonyl (C=O) groups is 6. The Balaban J connectivity index is 0.575. The maximum Gasteiger partial charge on any atom is 0.407 e. The van der Waals surface area contributed by atoms with Gasteiger partial charge in [-0.3, -0.25) is 19.2 Å². The number of amides is 3. The Morgan fingerprint density at radius 3 is 1.91 bits per heavy atom. The van der Waals surface area contributed by atoms with E-state index < -0.39 is 90.1 Å². The Bertz CT molecular complexity index is 4110. The van der Waals surface area contributed by atoms with Crippen molar-refractivity contribution in [1.29, 1.82) is 0 Å². The van der Waals surface area contributed by atoms with Gasteiger partial charge >= 0.3 is 12.1 Å². The van der Waals surface area contributed by atoms with Crippen molar-refractivity contribution < 1.29 is 115 Å². The normalized spacial score (nSPS) is 28.4. The molecule has 6 heterocycles. The number of nitrogens with one attached hydrogen (secondary N) is 3. The molecule has 33 nitrogen and oxygen atoms in total. The summed E-state index contributed by atoms with van der Waals surface area (Å²) in [6, 6.07) is 6.80. The van der Waals surface area contributed by atoms with E-state index in [2.05, 4.69) is 25.7 Å². The number of piperidine rings is 1. The highest BCUT2D eigenvalue weighted by Gasteiger charge is 2.53. The van der Waals surface area contributed by atoms with Crippen LogP contribution in [0.4, 0.5) is 10.6 Å². The van der Waals surface area contributed by atoms with Gasteiger partial charge in [-0.2, -0.15) is 5.10 Å². The largest absolute Gasteiger partial charge is 0.495 e. The van der Waals surface area contributed by atoms with Crippen LogP contribution in [-0.4, -0.2) is 297 Å². The number of aliphatic hydroxyl groups excluding tert-OH is 1. The molecule has 4 fully saturated rings. The number of esters is 1. The lowest BCUT2D eigenvalue weighted by Gasteiger charge is -2.42. The van der Waals surface area contributed by atoms with E-state index in [4.69, 9.17) is 86.5 Å². The van der Waals surface area contributed by atoms with Crippen molar-refractivity contribution in [2.45, 2.75) is 218 Å². The second kappa shape index (κ2) is 54.1. The number of hydrogen-bond donors (Lipinski definition) is 6. The van der Waals surface area contributed by atoms with Crippen molar-refractivity contribution in [2.24, 2.45) is 41.4 Å². The zero-order valence-electron chi connectivity index (χ0n) is 76.1. The van der Waals surface area contributed by atoms with E-state index in [1.165, 1.54) is 18.3 Å². The molecular formula is C93H143N9O24. The molecule has 15 atom stereocenters. The van der Waals surface area contributed by atoms with E-state index in [1.54, 1.807) is 39.7 Å². The number of benzene rings is 1. The van der Waals surface area contributed by atoms with Crippen LogP contribution < -0.4 is 21.1 Å². The summed E-state index contributed by atoms with van der Waals surface area (Å²) in [4.78, 5) is 98.0. The summed E-state index contributed by atoms with van der Waals surface area (Å²) in [5, 5.41) is 35.2. The van der Waals surface area contributed by atoms with Crippen LogP contribution in [0.25, 0.3) is 27.8 Å². The molecule has 5 aliphatic rings. The molecule has 126 heavy (non-hydrogen) atoms. The van der Waals surface area contributed by atoms with Gasteiger partial charge in [-0.25, -0.2) is 24.1 Å². The van der Waals surface area contributed by atoms with Gasteiger partial charge in [-0.1, -0.05) is 83.2 Å². The second-order valence-electron chi connectivity index (χ2n) is 34.2. The quantitative estimate of drug-likeness (QED) is 0.0104. The number of nitrogens with two attached hydrogens (primary N) is 1. The van der Waals surface area contributed by atoms with E-state index >= 15 is 0 Å². The van der Waals surface area contributed by atoms with Crippen molar-refractivity contribution in [3.8, 4) is 17.1 Å². The van der Waals surface area contributed by atoms with Crippen LogP contribution in [0.1, 0.15) is 169 Å². The maximum absolute atomic E-state index is 14.8. The summed E-state index contributed by atoms with van der Waals surface area (Å²) in [6.07, 6.45) is 17.1. The Kier molecular flexibility index (Phi) is 43.8. The standard InChI is InChI=1S/C93H143N9O24/c1-61-18-13-12-14-19-63(3)78(112-9)59-72-30-24-67(7)93(110,126-72)86(105)90(107)101-35-16-15-21-74(101)91(108)124-75(31-23-62(2)55-66(6)84(104)85(114-11)83(103)65(5)54-61)64(4)56-68-25-32-76(79(57-68)113-10)125-92(109)96-34-37-116-39-41-118-43-45-120-47-49-122-51-53-123-52-50-121-48-46-119-44-42-117-40-38-115-36-33-95-89(106)70-28-26-69(27-29-70)88-100-81(82-87(94)97-60-98-102(82)88)73-58-71-20-17-22-77(111-8)80(71)99-73/h12-14,17-20,22,55,58,60-62,64-65,67-70,72,74-76,78-79,84-85,99,104,110H,15-16,21,23-54,56-57,59H2,1-11H3,(H,95,106)(H,96,109)(H2,94,97,98)/b14-12+,18-13+,63-19+,66-55+/t61-,62+,64-,65-,67-,68+,69?,70?,72+,74+,75+,76-,78+,79-,84-,85+,93-/m1/s1. The molecule has 3 amide bonds. The number of carbonyl (C=O) groups excluding carboxylic acids is 6.